The van der Waals surface area contributed by atoms with Gasteiger partial charge in [-0.15, -0.1) is 0 Å². The molecule has 0 aliphatic carbocycles. The van der Waals surface area contributed by atoms with Gasteiger partial charge in [-0.1, -0.05) is 23.2 Å². The topological polar surface area (TPSA) is 50.4 Å². The average Bonchev–Trinajstić information content (AvgIpc) is 2.39. The normalized spacial score (nSPS) is 10.4. The number of nitrogens with one attached hydrogen (secondary N) is 2. The number of hydrogen-bond donors (Lipinski definition) is 2. The maximum absolute atomic E-state index is 12.0. The van der Waals surface area contributed by atoms with Gasteiger partial charge in [0, 0.05) is 21.4 Å². The van der Waals surface area contributed by atoms with Crippen molar-refractivity contribution in [1.29, 1.82) is 0 Å². The Morgan fingerprint density at radius 2 is 1.50 bits per heavy atom. The van der Waals surface area contributed by atoms with Crippen molar-refractivity contribution in [2.45, 2.75) is 6.61 Å². The maximum Gasteiger partial charge on any atom is 0.387 e. The van der Waals surface area contributed by atoms with E-state index in [1.54, 1.807) is 0 Å². The summed E-state index contributed by atoms with van der Waals surface area (Å²) in [6.45, 7) is -2.89. The number of benzene rings is 2. The van der Waals surface area contributed by atoms with Crippen molar-refractivity contribution in [3.63, 3.8) is 0 Å². The van der Waals surface area contributed by atoms with Gasteiger partial charge in [-0.05, 0) is 42.5 Å². The van der Waals surface area contributed by atoms with Gasteiger partial charge in [0.25, 0.3) is 0 Å². The lowest BCUT2D eigenvalue weighted by atomic mass is 10.3. The molecule has 2 amide bonds. The summed E-state index contributed by atoms with van der Waals surface area (Å²) in [6.07, 6.45) is 0. The third kappa shape index (κ3) is 5.05. The van der Waals surface area contributed by atoms with Crippen LogP contribution >= 0.6 is 23.2 Å². The fourth-order valence-electron chi connectivity index (χ4n) is 1.64. The van der Waals surface area contributed by atoms with Crippen LogP contribution in [0.5, 0.6) is 5.75 Å². The molecule has 0 spiro atoms. The molecular formula is C14H10Cl2F2N2O2. The Kier molecular flexibility index (Phi) is 5.41. The highest BCUT2D eigenvalue weighted by atomic mass is 35.5. The van der Waals surface area contributed by atoms with Crippen molar-refractivity contribution < 1.29 is 18.3 Å². The van der Waals surface area contributed by atoms with Gasteiger partial charge in [0.1, 0.15) is 5.75 Å². The highest BCUT2D eigenvalue weighted by molar-refractivity contribution is 6.35. The first-order valence-electron chi connectivity index (χ1n) is 6.01. The molecule has 116 valence electrons. The van der Waals surface area contributed by atoms with E-state index in [1.807, 2.05) is 0 Å². The number of anilines is 2. The van der Waals surface area contributed by atoms with Crippen LogP contribution in [0.1, 0.15) is 0 Å². The molecule has 0 saturated carbocycles. The Morgan fingerprint density at radius 1 is 0.955 bits per heavy atom. The zero-order valence-electron chi connectivity index (χ0n) is 10.9. The molecule has 0 radical (unpaired) electrons. The van der Waals surface area contributed by atoms with Gasteiger partial charge >= 0.3 is 12.6 Å². The molecule has 0 saturated heterocycles. The zero-order valence-corrected chi connectivity index (χ0v) is 12.5. The minimum Gasteiger partial charge on any atom is -0.435 e. The lowest BCUT2D eigenvalue weighted by Gasteiger charge is -2.09. The molecule has 4 nitrogen and oxygen atoms in total. The Labute approximate surface area is 135 Å². The molecule has 22 heavy (non-hydrogen) atoms. The van der Waals surface area contributed by atoms with Crippen molar-refractivity contribution in [3.8, 4) is 5.75 Å². The number of halogens is 4. The fraction of sp³-hybridized carbons (Fsp3) is 0.0714. The first kappa shape index (κ1) is 16.3. The van der Waals surface area contributed by atoms with Gasteiger partial charge in [0.15, 0.2) is 0 Å². The number of ether oxygens (including phenoxy) is 1. The summed E-state index contributed by atoms with van der Waals surface area (Å²) >= 11 is 11.6. The van der Waals surface area contributed by atoms with E-state index in [9.17, 15) is 13.6 Å². The highest BCUT2D eigenvalue weighted by Gasteiger charge is 2.06. The van der Waals surface area contributed by atoms with Gasteiger partial charge in [-0.2, -0.15) is 8.78 Å². The summed E-state index contributed by atoms with van der Waals surface area (Å²) in [5.74, 6) is 0.00239. The second kappa shape index (κ2) is 7.29. The Hall–Kier alpha value is -2.05. The van der Waals surface area contributed by atoms with E-state index in [0.29, 0.717) is 21.4 Å². The largest absolute Gasteiger partial charge is 0.435 e. The third-order valence-electron chi connectivity index (χ3n) is 2.46. The monoisotopic (exact) mass is 346 g/mol. The second-order valence-corrected chi connectivity index (χ2v) is 5.01. The molecule has 8 heteroatoms. The van der Waals surface area contributed by atoms with Crippen LogP contribution in [-0.2, 0) is 0 Å². The lowest BCUT2D eigenvalue weighted by molar-refractivity contribution is -0.0498. The molecule has 2 aromatic rings. The highest BCUT2D eigenvalue weighted by Crippen LogP contribution is 2.23. The van der Waals surface area contributed by atoms with Crippen LogP contribution in [0.25, 0.3) is 0 Å². The van der Waals surface area contributed by atoms with E-state index >= 15 is 0 Å². The van der Waals surface area contributed by atoms with E-state index < -0.39 is 12.6 Å². The van der Waals surface area contributed by atoms with E-state index in [2.05, 4.69) is 15.4 Å². The number of carbonyl (C=O) groups is 1. The molecule has 0 heterocycles. The number of carbonyl (C=O) groups excluding carboxylic acids is 1. The molecule has 0 bridgehead atoms. The van der Waals surface area contributed by atoms with Crippen LogP contribution in [0.3, 0.4) is 0 Å². The number of rotatable bonds is 4. The minimum absolute atomic E-state index is 0.00239. The summed E-state index contributed by atoms with van der Waals surface area (Å²) in [5, 5.41) is 5.85. The van der Waals surface area contributed by atoms with Crippen LogP contribution in [0, 0.1) is 0 Å². The third-order valence-corrected chi connectivity index (χ3v) is 2.89. The zero-order chi connectivity index (χ0) is 16.1. The summed E-state index contributed by atoms with van der Waals surface area (Å²) in [7, 11) is 0. The quantitative estimate of drug-likeness (QED) is 0.795. The van der Waals surface area contributed by atoms with Crippen LogP contribution in [0.15, 0.2) is 42.5 Å². The number of amides is 2. The Balaban J connectivity index is 1.96. The molecule has 2 aromatic carbocycles. The van der Waals surface area contributed by atoms with Crippen molar-refractivity contribution in [1.82, 2.24) is 0 Å². The maximum atomic E-state index is 12.0. The van der Waals surface area contributed by atoms with Crippen LogP contribution in [-0.4, -0.2) is 12.6 Å². The number of alkyl halides is 2. The lowest BCUT2D eigenvalue weighted by Crippen LogP contribution is -2.19. The van der Waals surface area contributed by atoms with Crippen molar-refractivity contribution >= 4 is 40.6 Å². The van der Waals surface area contributed by atoms with E-state index in [-0.39, 0.29) is 5.75 Å². The van der Waals surface area contributed by atoms with Gasteiger partial charge in [0.05, 0.1) is 0 Å². The Morgan fingerprint density at radius 3 is 2.05 bits per heavy atom. The first-order valence-corrected chi connectivity index (χ1v) is 6.77. The molecule has 2 rings (SSSR count). The molecule has 0 aliphatic rings. The van der Waals surface area contributed by atoms with Gasteiger partial charge < -0.3 is 15.4 Å². The predicted octanol–water partition coefficient (Wildman–Crippen LogP) is 5.24. The summed E-state index contributed by atoms with van der Waals surface area (Å²) in [4.78, 5) is 11.8. The first-order chi connectivity index (χ1) is 10.4. The summed E-state index contributed by atoms with van der Waals surface area (Å²) in [5.41, 5.74) is 0.833. The van der Waals surface area contributed by atoms with Crippen LogP contribution in [0.2, 0.25) is 10.0 Å². The SMILES string of the molecule is O=C(Nc1ccc(OC(F)F)cc1)Nc1cc(Cl)cc(Cl)c1. The summed E-state index contributed by atoms with van der Waals surface area (Å²) < 4.78 is 28.2. The van der Waals surface area contributed by atoms with Gasteiger partial charge in [-0.25, -0.2) is 4.79 Å². The van der Waals surface area contributed by atoms with Gasteiger partial charge in [0.2, 0.25) is 0 Å². The molecular weight excluding hydrogens is 337 g/mol. The molecule has 0 atom stereocenters. The number of hydrogen-bond acceptors (Lipinski definition) is 2. The molecule has 0 aromatic heterocycles. The van der Waals surface area contributed by atoms with Crippen molar-refractivity contribution in [2.24, 2.45) is 0 Å². The van der Waals surface area contributed by atoms with Crippen LogP contribution < -0.4 is 15.4 Å². The van der Waals surface area contributed by atoms with E-state index in [4.69, 9.17) is 23.2 Å². The molecule has 2 N–H and O–H groups in total. The fourth-order valence-corrected chi connectivity index (χ4v) is 2.17. The van der Waals surface area contributed by atoms with Crippen molar-refractivity contribution in [3.05, 3.63) is 52.5 Å². The van der Waals surface area contributed by atoms with Crippen molar-refractivity contribution in [2.75, 3.05) is 10.6 Å². The molecule has 0 unspecified atom stereocenters. The van der Waals surface area contributed by atoms with E-state index in [0.717, 1.165) is 0 Å². The standard InChI is InChI=1S/C14H10Cl2F2N2O2/c15-8-5-9(16)7-11(6-8)20-14(21)19-10-1-3-12(4-2-10)22-13(17)18/h1-7,13H,(H2,19,20,21). The van der Waals surface area contributed by atoms with E-state index in [1.165, 1.54) is 42.5 Å². The molecule has 0 fully saturated rings. The smallest absolute Gasteiger partial charge is 0.387 e. The van der Waals surface area contributed by atoms with Crippen LogP contribution in [0.4, 0.5) is 25.0 Å². The number of urea groups is 1. The predicted molar refractivity (Wildman–Crippen MR) is 82.2 cm³/mol. The summed E-state index contributed by atoms with van der Waals surface area (Å²) in [6, 6.07) is 9.58. The minimum atomic E-state index is -2.89. The average molecular weight is 347 g/mol. The Bertz CT molecular complexity index is 646. The second-order valence-electron chi connectivity index (χ2n) is 4.14. The molecule has 0 aliphatic heterocycles. The van der Waals surface area contributed by atoms with Gasteiger partial charge in [-0.3, -0.25) is 0 Å².